The summed E-state index contributed by atoms with van der Waals surface area (Å²) in [5.41, 5.74) is 0. The van der Waals surface area contributed by atoms with Crippen molar-refractivity contribution in [3.05, 3.63) is 30.3 Å². The van der Waals surface area contributed by atoms with Gasteiger partial charge in [0.05, 0.1) is 4.90 Å². The van der Waals surface area contributed by atoms with Gasteiger partial charge in [0.15, 0.2) is 0 Å². The zero-order chi connectivity index (χ0) is 17.2. The zero-order valence-corrected chi connectivity index (χ0v) is 16.6. The molecule has 0 aliphatic carbocycles. The number of rotatable bonds is 12. The first-order valence-corrected chi connectivity index (χ1v) is 12.8. The fourth-order valence-electron chi connectivity index (χ4n) is 2.11. The third-order valence-corrected chi connectivity index (χ3v) is 9.77. The van der Waals surface area contributed by atoms with Crippen molar-refractivity contribution in [2.45, 2.75) is 38.1 Å². The van der Waals surface area contributed by atoms with Gasteiger partial charge in [0.2, 0.25) is 8.87 Å². The van der Waals surface area contributed by atoms with Crippen molar-refractivity contribution in [2.24, 2.45) is 0 Å². The van der Waals surface area contributed by atoms with Gasteiger partial charge in [-0.25, -0.2) is 8.42 Å². The second-order valence-electron chi connectivity index (χ2n) is 4.67. The van der Waals surface area contributed by atoms with Crippen LogP contribution in [0, 0.1) is 0 Å². The molecule has 0 amide bonds. The van der Waals surface area contributed by atoms with Gasteiger partial charge in [-0.15, -0.1) is 0 Å². The summed E-state index contributed by atoms with van der Waals surface area (Å²) in [6.45, 7) is 7.32. The lowest BCUT2D eigenvalue weighted by Gasteiger charge is -2.28. The van der Waals surface area contributed by atoms with Crippen LogP contribution in [0.15, 0.2) is 35.2 Å². The molecule has 0 atom stereocenters. The van der Waals surface area contributed by atoms with Crippen LogP contribution in [0.1, 0.15) is 27.2 Å². The first kappa shape index (κ1) is 20.7. The third-order valence-electron chi connectivity index (χ3n) is 2.99. The second-order valence-corrected chi connectivity index (χ2v) is 11.5. The normalized spacial score (nSPS) is 12.5. The first-order valence-electron chi connectivity index (χ1n) is 7.86. The Hall–Kier alpha value is -0.383. The van der Waals surface area contributed by atoms with Gasteiger partial charge in [0.25, 0.3) is 0 Å². The molecule has 1 aromatic carbocycles. The molecular formula is C15H26O5S2Si. The summed E-state index contributed by atoms with van der Waals surface area (Å²) in [5, 5.41) is 0. The molecule has 0 aliphatic heterocycles. The maximum atomic E-state index is 12.2. The van der Waals surface area contributed by atoms with E-state index in [9.17, 15) is 8.42 Å². The van der Waals surface area contributed by atoms with Crippen molar-refractivity contribution in [2.75, 3.05) is 25.6 Å². The van der Waals surface area contributed by atoms with Crippen LogP contribution >= 0.6 is 10.8 Å². The summed E-state index contributed by atoms with van der Waals surface area (Å²) in [7, 11) is -5.03. The highest BCUT2D eigenvalue weighted by Crippen LogP contribution is 2.26. The molecular weight excluding hydrogens is 352 g/mol. The summed E-state index contributed by atoms with van der Waals surface area (Å²) in [5.74, 6) is 0.485. The van der Waals surface area contributed by atoms with Crippen LogP contribution < -0.4 is 0 Å². The standard InChI is InChI=1S/C15H26O5S2Si/c1-4-18-23(19-5-2,20-6-3)14-10-13-21-22(16,17)15-11-8-7-9-12-15/h7-9,11-12H,4-6,10,13-14H2,1-3H3. The summed E-state index contributed by atoms with van der Waals surface area (Å²) < 4.78 is 41.7. The van der Waals surface area contributed by atoms with Gasteiger partial charge in [-0.1, -0.05) is 18.2 Å². The Bertz CT molecular complexity index is 519. The monoisotopic (exact) mass is 378 g/mol. The lowest BCUT2D eigenvalue weighted by molar-refractivity contribution is 0.0712. The summed E-state index contributed by atoms with van der Waals surface area (Å²) >= 11 is 0. The number of hydrogen-bond acceptors (Lipinski definition) is 6. The van der Waals surface area contributed by atoms with E-state index in [1.807, 2.05) is 20.8 Å². The lowest BCUT2D eigenvalue weighted by atomic mass is 10.4. The molecule has 0 aliphatic rings. The summed E-state index contributed by atoms with van der Waals surface area (Å²) in [6.07, 6.45) is 0.670. The van der Waals surface area contributed by atoms with Crippen molar-refractivity contribution in [3.63, 3.8) is 0 Å². The fraction of sp³-hybridized carbons (Fsp3) is 0.600. The van der Waals surface area contributed by atoms with Gasteiger partial charge < -0.3 is 13.3 Å². The van der Waals surface area contributed by atoms with Crippen LogP contribution in [-0.2, 0) is 22.1 Å². The van der Waals surface area contributed by atoms with Gasteiger partial charge >= 0.3 is 8.80 Å². The van der Waals surface area contributed by atoms with Crippen LogP contribution in [0.3, 0.4) is 0 Å². The maximum absolute atomic E-state index is 12.2. The molecule has 8 heteroatoms. The highest BCUT2D eigenvalue weighted by Gasteiger charge is 2.39. The van der Waals surface area contributed by atoms with Gasteiger partial charge in [-0.05, 0) is 50.1 Å². The molecule has 0 saturated heterocycles. The molecule has 0 bridgehead atoms. The van der Waals surface area contributed by atoms with Crippen molar-refractivity contribution in [3.8, 4) is 0 Å². The van der Waals surface area contributed by atoms with Crippen LogP contribution in [-0.4, -0.2) is 42.8 Å². The quantitative estimate of drug-likeness (QED) is 0.315. The van der Waals surface area contributed by atoms with E-state index in [2.05, 4.69) is 0 Å². The molecule has 0 spiro atoms. The summed E-state index contributed by atoms with van der Waals surface area (Å²) in [6, 6.07) is 9.11. The van der Waals surface area contributed by atoms with Crippen molar-refractivity contribution >= 4 is 28.5 Å². The van der Waals surface area contributed by atoms with Crippen LogP contribution in [0.2, 0.25) is 6.04 Å². The van der Waals surface area contributed by atoms with E-state index in [-0.39, 0.29) is 0 Å². The Morgan fingerprint density at radius 2 is 1.48 bits per heavy atom. The minimum absolute atomic E-state index is 0.341. The van der Waals surface area contributed by atoms with Crippen LogP contribution in [0.25, 0.3) is 0 Å². The SMILES string of the molecule is CCO[Si](CCCSS(=O)(=O)c1ccccc1)(OCC)OCC. The average molecular weight is 379 g/mol. The Balaban J connectivity index is 2.56. The van der Waals surface area contributed by atoms with E-state index in [1.54, 1.807) is 30.3 Å². The van der Waals surface area contributed by atoms with Crippen molar-refractivity contribution in [1.29, 1.82) is 0 Å². The largest absolute Gasteiger partial charge is 0.500 e. The topological polar surface area (TPSA) is 61.8 Å². The highest BCUT2D eigenvalue weighted by atomic mass is 33.1. The predicted octanol–water partition coefficient (Wildman–Crippen LogP) is 3.55. The first-order chi connectivity index (χ1) is 11.0. The van der Waals surface area contributed by atoms with E-state index >= 15 is 0 Å². The van der Waals surface area contributed by atoms with Crippen molar-refractivity contribution in [1.82, 2.24) is 0 Å². The van der Waals surface area contributed by atoms with E-state index in [4.69, 9.17) is 13.3 Å². The Morgan fingerprint density at radius 3 is 1.96 bits per heavy atom. The molecule has 0 saturated carbocycles. The molecule has 1 aromatic rings. The van der Waals surface area contributed by atoms with E-state index in [0.29, 0.717) is 42.9 Å². The third kappa shape index (κ3) is 6.94. The van der Waals surface area contributed by atoms with Crippen LogP contribution in [0.5, 0.6) is 0 Å². The predicted molar refractivity (Wildman–Crippen MR) is 96.1 cm³/mol. The Kier molecular flexibility index (Phi) is 9.41. The van der Waals surface area contributed by atoms with E-state index in [0.717, 1.165) is 10.8 Å². The van der Waals surface area contributed by atoms with Crippen molar-refractivity contribution < 1.29 is 21.7 Å². The summed E-state index contributed by atoms with van der Waals surface area (Å²) in [4.78, 5) is 0.341. The smallest absolute Gasteiger partial charge is 0.374 e. The molecule has 0 N–H and O–H groups in total. The lowest BCUT2D eigenvalue weighted by Crippen LogP contribution is -2.46. The number of benzene rings is 1. The molecule has 0 aromatic heterocycles. The van der Waals surface area contributed by atoms with Gasteiger partial charge in [-0.3, -0.25) is 0 Å². The second kappa shape index (κ2) is 10.5. The highest BCUT2D eigenvalue weighted by molar-refractivity contribution is 8.72. The van der Waals surface area contributed by atoms with Gasteiger partial charge in [-0.2, -0.15) is 0 Å². The molecule has 1 rings (SSSR count). The minimum Gasteiger partial charge on any atom is -0.374 e. The van der Waals surface area contributed by atoms with Gasteiger partial charge in [0.1, 0.15) is 0 Å². The fourth-order valence-corrected chi connectivity index (χ4v) is 7.84. The Labute approximate surface area is 144 Å². The van der Waals surface area contributed by atoms with Gasteiger partial charge in [0, 0.05) is 31.6 Å². The molecule has 5 nitrogen and oxygen atoms in total. The zero-order valence-electron chi connectivity index (χ0n) is 14.0. The van der Waals surface area contributed by atoms with E-state index in [1.165, 1.54) is 0 Å². The minimum atomic E-state index is -3.31. The molecule has 23 heavy (non-hydrogen) atoms. The average Bonchev–Trinajstić information content (AvgIpc) is 2.53. The molecule has 0 fully saturated rings. The molecule has 0 radical (unpaired) electrons. The number of hydrogen-bond donors (Lipinski definition) is 0. The molecule has 0 unspecified atom stereocenters. The van der Waals surface area contributed by atoms with E-state index < -0.39 is 17.7 Å². The van der Waals surface area contributed by atoms with Crippen LogP contribution in [0.4, 0.5) is 0 Å². The molecule has 132 valence electrons. The molecule has 0 heterocycles. The maximum Gasteiger partial charge on any atom is 0.500 e. The Morgan fingerprint density at radius 1 is 0.957 bits per heavy atom.